The molecule has 116 valence electrons. The summed E-state index contributed by atoms with van der Waals surface area (Å²) < 4.78 is 0. The van der Waals surface area contributed by atoms with Crippen LogP contribution in [0.2, 0.25) is 0 Å². The van der Waals surface area contributed by atoms with Gasteiger partial charge in [-0.2, -0.15) is 0 Å². The van der Waals surface area contributed by atoms with Gasteiger partial charge in [0.2, 0.25) is 0 Å². The van der Waals surface area contributed by atoms with Crippen molar-refractivity contribution in [2.75, 3.05) is 13.6 Å². The van der Waals surface area contributed by atoms with Gasteiger partial charge in [-0.3, -0.25) is 4.79 Å². The molecular formula is C15H27NO4. The number of hydrogen-bond acceptors (Lipinski definition) is 2. The molecule has 0 spiro atoms. The van der Waals surface area contributed by atoms with E-state index in [0.717, 1.165) is 51.4 Å². The number of carboxylic acid groups (broad SMARTS) is 2. The van der Waals surface area contributed by atoms with Crippen molar-refractivity contribution in [2.45, 2.75) is 57.8 Å². The summed E-state index contributed by atoms with van der Waals surface area (Å²) in [5.74, 6) is -0.286. The zero-order valence-corrected chi connectivity index (χ0v) is 12.4. The van der Waals surface area contributed by atoms with E-state index in [-0.39, 0.29) is 5.92 Å². The molecule has 0 heterocycles. The summed E-state index contributed by atoms with van der Waals surface area (Å²) in [4.78, 5) is 23.2. The molecule has 2 N–H and O–H groups in total. The van der Waals surface area contributed by atoms with Gasteiger partial charge in [0, 0.05) is 13.6 Å². The van der Waals surface area contributed by atoms with E-state index in [1.165, 1.54) is 11.3 Å². The molecule has 0 aromatic heterocycles. The third kappa shape index (κ3) is 6.26. The smallest absolute Gasteiger partial charge is 0.407 e. The zero-order valence-electron chi connectivity index (χ0n) is 12.4. The minimum absolute atomic E-state index is 0.183. The van der Waals surface area contributed by atoms with Gasteiger partial charge in [0.1, 0.15) is 0 Å². The number of hydrogen-bond donors (Lipinski definition) is 2. The van der Waals surface area contributed by atoms with Gasteiger partial charge in [0.05, 0.1) is 5.92 Å². The first-order valence-corrected chi connectivity index (χ1v) is 7.67. The van der Waals surface area contributed by atoms with Crippen molar-refractivity contribution < 1.29 is 19.8 Å². The summed E-state index contributed by atoms with van der Waals surface area (Å²) in [5, 5.41) is 18.0. The molecule has 2 atom stereocenters. The third-order valence-corrected chi connectivity index (χ3v) is 4.37. The van der Waals surface area contributed by atoms with Gasteiger partial charge in [-0.25, -0.2) is 4.79 Å². The standard InChI is InChI=1S/C15H27NO4/c1-16(15(19)20)11-5-7-12-6-3-2-4-8-13(10-9-12)14(17)18/h12-13H,2-11H2,1H3,(H,17,18)(H,19,20). The number of amides is 1. The highest BCUT2D eigenvalue weighted by Crippen LogP contribution is 2.28. The Bertz CT molecular complexity index is 319. The summed E-state index contributed by atoms with van der Waals surface area (Å²) in [6.45, 7) is 0.564. The molecule has 5 heteroatoms. The maximum Gasteiger partial charge on any atom is 0.407 e. The van der Waals surface area contributed by atoms with Crippen LogP contribution in [0.25, 0.3) is 0 Å². The Labute approximate surface area is 121 Å². The molecule has 20 heavy (non-hydrogen) atoms. The molecular weight excluding hydrogens is 258 g/mol. The SMILES string of the molecule is CN(CCCC1CCCCCC(C(=O)O)CC1)C(=O)O. The van der Waals surface area contributed by atoms with Crippen molar-refractivity contribution in [3.05, 3.63) is 0 Å². The Hall–Kier alpha value is -1.26. The summed E-state index contributed by atoms with van der Waals surface area (Å²) in [7, 11) is 1.59. The minimum atomic E-state index is -0.884. The van der Waals surface area contributed by atoms with Gasteiger partial charge in [0.25, 0.3) is 0 Å². The molecule has 0 aromatic rings. The fraction of sp³-hybridized carbons (Fsp3) is 0.867. The van der Waals surface area contributed by atoms with Gasteiger partial charge in [0.15, 0.2) is 0 Å². The van der Waals surface area contributed by atoms with Crippen LogP contribution in [0.1, 0.15) is 57.8 Å². The van der Waals surface area contributed by atoms with Crippen LogP contribution in [0.4, 0.5) is 4.79 Å². The minimum Gasteiger partial charge on any atom is -0.481 e. The van der Waals surface area contributed by atoms with E-state index in [1.54, 1.807) is 7.05 Å². The molecule has 1 fully saturated rings. The monoisotopic (exact) mass is 285 g/mol. The van der Waals surface area contributed by atoms with Crippen molar-refractivity contribution in [1.29, 1.82) is 0 Å². The van der Waals surface area contributed by atoms with Gasteiger partial charge < -0.3 is 15.1 Å². The highest BCUT2D eigenvalue weighted by Gasteiger charge is 2.21. The van der Waals surface area contributed by atoms with E-state index in [2.05, 4.69) is 0 Å². The Morgan fingerprint density at radius 3 is 2.40 bits per heavy atom. The summed E-state index contributed by atoms with van der Waals surface area (Å²) in [6, 6.07) is 0. The molecule has 1 rings (SSSR count). The first-order chi connectivity index (χ1) is 9.50. The lowest BCUT2D eigenvalue weighted by Crippen LogP contribution is -2.26. The summed E-state index contributed by atoms with van der Waals surface area (Å²) >= 11 is 0. The van der Waals surface area contributed by atoms with Crippen LogP contribution in [0, 0.1) is 11.8 Å². The maximum absolute atomic E-state index is 11.1. The van der Waals surface area contributed by atoms with Crippen molar-refractivity contribution >= 4 is 12.1 Å². The second kappa shape index (κ2) is 8.82. The zero-order chi connectivity index (χ0) is 15.0. The predicted octanol–water partition coefficient (Wildman–Crippen LogP) is 3.44. The highest BCUT2D eigenvalue weighted by atomic mass is 16.4. The van der Waals surface area contributed by atoms with Crippen molar-refractivity contribution in [3.63, 3.8) is 0 Å². The number of rotatable bonds is 5. The number of aliphatic carboxylic acids is 1. The van der Waals surface area contributed by atoms with Crippen LogP contribution in [0.15, 0.2) is 0 Å². The first kappa shape index (κ1) is 16.8. The van der Waals surface area contributed by atoms with Crippen LogP contribution in [-0.4, -0.2) is 40.8 Å². The normalized spacial score (nSPS) is 24.2. The molecule has 1 aliphatic rings. The Balaban J connectivity index is 2.35. The van der Waals surface area contributed by atoms with Crippen molar-refractivity contribution in [2.24, 2.45) is 11.8 Å². The number of carboxylic acids is 1. The molecule has 0 saturated heterocycles. The van der Waals surface area contributed by atoms with Gasteiger partial charge in [-0.15, -0.1) is 0 Å². The third-order valence-electron chi connectivity index (χ3n) is 4.37. The van der Waals surface area contributed by atoms with Gasteiger partial charge in [-0.05, 0) is 38.0 Å². The average molecular weight is 285 g/mol. The fourth-order valence-electron chi connectivity index (χ4n) is 2.97. The lowest BCUT2D eigenvalue weighted by Gasteiger charge is -2.19. The second-order valence-electron chi connectivity index (χ2n) is 5.96. The number of nitrogens with zero attached hydrogens (tertiary/aromatic N) is 1. The topological polar surface area (TPSA) is 77.8 Å². The lowest BCUT2D eigenvalue weighted by atomic mass is 9.89. The van der Waals surface area contributed by atoms with E-state index in [4.69, 9.17) is 5.11 Å². The number of carbonyl (C=O) groups is 2. The van der Waals surface area contributed by atoms with Crippen LogP contribution in [0.3, 0.4) is 0 Å². The van der Waals surface area contributed by atoms with Crippen molar-refractivity contribution in [1.82, 2.24) is 4.90 Å². The molecule has 0 bridgehead atoms. The predicted molar refractivity (Wildman–Crippen MR) is 76.8 cm³/mol. The van der Waals surface area contributed by atoms with Crippen LogP contribution < -0.4 is 0 Å². The molecule has 5 nitrogen and oxygen atoms in total. The maximum atomic E-state index is 11.1. The van der Waals surface area contributed by atoms with Crippen molar-refractivity contribution in [3.8, 4) is 0 Å². The van der Waals surface area contributed by atoms with Crippen LogP contribution in [-0.2, 0) is 4.79 Å². The molecule has 2 unspecified atom stereocenters. The molecule has 0 radical (unpaired) electrons. The van der Waals surface area contributed by atoms with Gasteiger partial charge >= 0.3 is 12.1 Å². The summed E-state index contributed by atoms with van der Waals surface area (Å²) in [6.07, 6.45) is 8.00. The van der Waals surface area contributed by atoms with E-state index in [9.17, 15) is 14.7 Å². The van der Waals surface area contributed by atoms with E-state index < -0.39 is 12.1 Å². The molecule has 1 amide bonds. The van der Waals surface area contributed by atoms with Crippen LogP contribution >= 0.6 is 0 Å². The fourth-order valence-corrected chi connectivity index (χ4v) is 2.97. The molecule has 1 saturated carbocycles. The Kier molecular flexibility index (Phi) is 7.41. The molecule has 1 aliphatic carbocycles. The molecule has 0 aliphatic heterocycles. The highest BCUT2D eigenvalue weighted by molar-refractivity contribution is 5.69. The first-order valence-electron chi connectivity index (χ1n) is 7.67. The van der Waals surface area contributed by atoms with Crippen LogP contribution in [0.5, 0.6) is 0 Å². The largest absolute Gasteiger partial charge is 0.481 e. The second-order valence-corrected chi connectivity index (χ2v) is 5.96. The average Bonchev–Trinajstić information content (AvgIpc) is 2.50. The lowest BCUT2D eigenvalue weighted by molar-refractivity contribution is -0.142. The Morgan fingerprint density at radius 1 is 1.05 bits per heavy atom. The quantitative estimate of drug-likeness (QED) is 0.811. The van der Waals surface area contributed by atoms with E-state index >= 15 is 0 Å². The Morgan fingerprint density at radius 2 is 1.75 bits per heavy atom. The van der Waals surface area contributed by atoms with E-state index in [0.29, 0.717) is 12.5 Å². The summed E-state index contributed by atoms with van der Waals surface area (Å²) in [5.41, 5.74) is 0. The van der Waals surface area contributed by atoms with Gasteiger partial charge in [-0.1, -0.05) is 25.7 Å². The van der Waals surface area contributed by atoms with E-state index in [1.807, 2.05) is 0 Å². The molecule has 0 aromatic carbocycles.